The van der Waals surface area contributed by atoms with E-state index in [-0.39, 0.29) is 22.3 Å². The van der Waals surface area contributed by atoms with Crippen LogP contribution in [0.25, 0.3) is 0 Å². The van der Waals surface area contributed by atoms with E-state index in [9.17, 15) is 0 Å². The molecular formula is C40H74O2Si2. The average Bonchev–Trinajstić information content (AvgIpc) is 3.23. The van der Waals surface area contributed by atoms with Gasteiger partial charge in [-0.25, -0.2) is 0 Å². The molecule has 0 aromatic rings. The SMILES string of the molecule is C=C1C(=CC=C2CCCC3(C)C2CCC3C(C)CCC(C)C(C)C)CC(O[Si](C)(C)C(C)(C)C)CC1O[Si](C)(C)C(C)(C)C. The third kappa shape index (κ3) is 8.53. The molecule has 0 saturated heterocycles. The highest BCUT2D eigenvalue weighted by molar-refractivity contribution is 6.74. The van der Waals surface area contributed by atoms with Gasteiger partial charge < -0.3 is 8.85 Å². The summed E-state index contributed by atoms with van der Waals surface area (Å²) in [7, 11) is -3.87. The third-order valence-corrected chi connectivity index (χ3v) is 22.7. The predicted molar refractivity (Wildman–Crippen MR) is 199 cm³/mol. The maximum absolute atomic E-state index is 7.10. The Morgan fingerprint density at radius 1 is 0.886 bits per heavy atom. The molecule has 0 heterocycles. The van der Waals surface area contributed by atoms with Crippen LogP contribution in [0.15, 0.2) is 35.5 Å². The van der Waals surface area contributed by atoms with E-state index in [1.165, 1.54) is 56.1 Å². The summed E-state index contributed by atoms with van der Waals surface area (Å²) in [4.78, 5) is 0. The van der Waals surface area contributed by atoms with Crippen LogP contribution in [0.4, 0.5) is 0 Å². The van der Waals surface area contributed by atoms with Crippen LogP contribution in [-0.4, -0.2) is 28.8 Å². The highest BCUT2D eigenvalue weighted by atomic mass is 28.4. The van der Waals surface area contributed by atoms with Crippen molar-refractivity contribution in [3.05, 3.63) is 35.5 Å². The van der Waals surface area contributed by atoms with Crippen LogP contribution in [0.2, 0.25) is 36.3 Å². The standard InChI is InChI=1S/C40H74O2Si2/c1-28(2)29(3)19-20-30(4)35-23-24-36-32(18-17-25-40(35,36)12)21-22-33-26-34(41-43(13,14)38(6,7)8)27-37(31(33)5)42-44(15,16)39(9,10)11/h21-22,28-30,34-37H,5,17-20,23-27H2,1-4,6-16H3. The van der Waals surface area contributed by atoms with E-state index in [0.29, 0.717) is 5.41 Å². The molecule has 3 aliphatic rings. The van der Waals surface area contributed by atoms with E-state index >= 15 is 0 Å². The van der Waals surface area contributed by atoms with Crippen molar-refractivity contribution in [1.29, 1.82) is 0 Å². The van der Waals surface area contributed by atoms with Gasteiger partial charge >= 0.3 is 0 Å². The van der Waals surface area contributed by atoms with Crippen LogP contribution < -0.4 is 0 Å². The lowest BCUT2D eigenvalue weighted by atomic mass is 9.60. The molecule has 0 aliphatic heterocycles. The Hall–Kier alpha value is -0.426. The van der Waals surface area contributed by atoms with Crippen molar-refractivity contribution in [1.82, 2.24) is 0 Å². The van der Waals surface area contributed by atoms with Gasteiger partial charge in [0.15, 0.2) is 16.6 Å². The fraction of sp³-hybridized carbons (Fsp3) is 0.850. The minimum Gasteiger partial charge on any atom is -0.413 e. The van der Waals surface area contributed by atoms with E-state index < -0.39 is 16.6 Å². The third-order valence-electron chi connectivity index (χ3n) is 13.7. The lowest BCUT2D eigenvalue weighted by Gasteiger charge is -2.46. The fourth-order valence-electron chi connectivity index (χ4n) is 8.04. The topological polar surface area (TPSA) is 18.5 Å². The molecule has 3 rings (SSSR count). The van der Waals surface area contributed by atoms with E-state index in [2.05, 4.69) is 115 Å². The van der Waals surface area contributed by atoms with Gasteiger partial charge in [-0.3, -0.25) is 0 Å². The van der Waals surface area contributed by atoms with Crippen molar-refractivity contribution in [2.75, 3.05) is 0 Å². The summed E-state index contributed by atoms with van der Waals surface area (Å²) >= 11 is 0. The second kappa shape index (κ2) is 14.0. The summed E-state index contributed by atoms with van der Waals surface area (Å²) in [5, 5.41) is 0.362. The highest BCUT2D eigenvalue weighted by Gasteiger charge is 2.51. The molecule has 7 unspecified atom stereocenters. The van der Waals surface area contributed by atoms with Gasteiger partial charge in [-0.15, -0.1) is 0 Å². The average molecular weight is 643 g/mol. The maximum Gasteiger partial charge on any atom is 0.192 e. The Labute approximate surface area is 277 Å². The zero-order valence-electron chi connectivity index (χ0n) is 32.1. The summed E-state index contributed by atoms with van der Waals surface area (Å²) in [5.74, 6) is 4.03. The number of rotatable bonds is 10. The molecule has 44 heavy (non-hydrogen) atoms. The first-order valence-corrected chi connectivity index (χ1v) is 24.3. The van der Waals surface area contributed by atoms with Gasteiger partial charge in [0.25, 0.3) is 0 Å². The first kappa shape index (κ1) is 38.0. The van der Waals surface area contributed by atoms with Crippen molar-refractivity contribution in [2.45, 2.75) is 182 Å². The molecule has 0 aromatic carbocycles. The van der Waals surface area contributed by atoms with E-state index in [4.69, 9.17) is 15.4 Å². The summed E-state index contributed by atoms with van der Waals surface area (Å²) in [6.07, 6.45) is 16.7. The number of hydrogen-bond acceptors (Lipinski definition) is 2. The molecule has 3 saturated carbocycles. The van der Waals surface area contributed by atoms with E-state index in [0.717, 1.165) is 42.4 Å². The van der Waals surface area contributed by atoms with Gasteiger partial charge in [-0.05, 0) is 121 Å². The molecular weight excluding hydrogens is 569 g/mol. The van der Waals surface area contributed by atoms with Crippen molar-refractivity contribution < 1.29 is 8.85 Å². The first-order chi connectivity index (χ1) is 20.0. The second-order valence-electron chi connectivity index (χ2n) is 19.1. The van der Waals surface area contributed by atoms with Crippen LogP contribution in [0.3, 0.4) is 0 Å². The molecule has 0 spiro atoms. The molecule has 3 fully saturated rings. The van der Waals surface area contributed by atoms with Gasteiger partial charge in [0.1, 0.15) is 0 Å². The van der Waals surface area contributed by atoms with Crippen molar-refractivity contribution >= 4 is 16.6 Å². The van der Waals surface area contributed by atoms with Gasteiger partial charge in [-0.1, -0.05) is 113 Å². The molecule has 3 aliphatic carbocycles. The number of allylic oxidation sites excluding steroid dienone is 3. The van der Waals surface area contributed by atoms with Crippen LogP contribution in [-0.2, 0) is 8.85 Å². The Morgan fingerprint density at radius 2 is 1.48 bits per heavy atom. The first-order valence-electron chi connectivity index (χ1n) is 18.4. The maximum atomic E-state index is 7.10. The van der Waals surface area contributed by atoms with Crippen molar-refractivity contribution in [3.8, 4) is 0 Å². The summed E-state index contributed by atoms with van der Waals surface area (Å²) in [6.45, 7) is 40.8. The highest BCUT2D eigenvalue weighted by Crippen LogP contribution is 2.60. The Kier molecular flexibility index (Phi) is 12.1. The van der Waals surface area contributed by atoms with E-state index in [1.54, 1.807) is 5.57 Å². The molecule has 7 atom stereocenters. The smallest absolute Gasteiger partial charge is 0.192 e. The van der Waals surface area contributed by atoms with Crippen LogP contribution in [0.5, 0.6) is 0 Å². The zero-order chi connectivity index (χ0) is 33.5. The second-order valence-corrected chi connectivity index (χ2v) is 28.6. The van der Waals surface area contributed by atoms with Crippen LogP contribution >= 0.6 is 0 Å². The Bertz CT molecular complexity index is 1050. The van der Waals surface area contributed by atoms with Crippen molar-refractivity contribution in [3.63, 3.8) is 0 Å². The Morgan fingerprint density at radius 3 is 2.05 bits per heavy atom. The predicted octanol–water partition coefficient (Wildman–Crippen LogP) is 12.9. The quantitative estimate of drug-likeness (QED) is 0.221. The van der Waals surface area contributed by atoms with Gasteiger partial charge in [-0.2, -0.15) is 0 Å². The summed E-state index contributed by atoms with van der Waals surface area (Å²) < 4.78 is 14.2. The molecule has 0 aromatic heterocycles. The minimum absolute atomic E-state index is 0.0469. The zero-order valence-corrected chi connectivity index (χ0v) is 34.1. The molecule has 0 radical (unpaired) electrons. The molecule has 2 nitrogen and oxygen atoms in total. The molecule has 254 valence electrons. The largest absolute Gasteiger partial charge is 0.413 e. The summed E-state index contributed by atoms with van der Waals surface area (Å²) in [5.41, 5.74) is 4.74. The normalized spacial score (nSPS) is 32.4. The fourth-order valence-corrected chi connectivity index (χ4v) is 10.7. The van der Waals surface area contributed by atoms with Crippen LogP contribution in [0.1, 0.15) is 134 Å². The number of hydrogen-bond donors (Lipinski definition) is 0. The monoisotopic (exact) mass is 643 g/mol. The van der Waals surface area contributed by atoms with Crippen LogP contribution in [0, 0.1) is 35.0 Å². The lowest BCUT2D eigenvalue weighted by Crippen LogP contribution is -2.49. The summed E-state index contributed by atoms with van der Waals surface area (Å²) in [6, 6.07) is 0. The lowest BCUT2D eigenvalue weighted by molar-refractivity contribution is 0.0906. The molecule has 0 N–H and O–H groups in total. The molecule has 4 heteroatoms. The van der Waals surface area contributed by atoms with Gasteiger partial charge in [0.2, 0.25) is 0 Å². The van der Waals surface area contributed by atoms with Gasteiger partial charge in [0, 0.05) is 6.42 Å². The number of fused-ring (bicyclic) bond motifs is 1. The molecule has 0 bridgehead atoms. The minimum atomic E-state index is -1.96. The Balaban J connectivity index is 1.87. The van der Waals surface area contributed by atoms with Gasteiger partial charge in [0.05, 0.1) is 12.2 Å². The molecule has 0 amide bonds. The van der Waals surface area contributed by atoms with Crippen molar-refractivity contribution in [2.24, 2.45) is 35.0 Å². The van der Waals surface area contributed by atoms with E-state index in [1.807, 2.05) is 0 Å².